The van der Waals surface area contributed by atoms with Crippen molar-refractivity contribution in [2.75, 3.05) is 24.3 Å². The number of ether oxygens (including phenoxy) is 2. The normalized spacial score (nSPS) is 11.7. The summed E-state index contributed by atoms with van der Waals surface area (Å²) < 4.78 is 39.7. The zero-order chi connectivity index (χ0) is 26.1. The number of amides is 1. The second-order valence-corrected chi connectivity index (χ2v) is 10.9. The highest BCUT2D eigenvalue weighted by Crippen LogP contribution is 2.19. The molecule has 2 aromatic carbocycles. The van der Waals surface area contributed by atoms with E-state index in [1.165, 1.54) is 6.08 Å². The molecule has 0 bridgehead atoms. The third kappa shape index (κ3) is 7.90. The molecule has 188 valence electrons. The Hall–Kier alpha value is -3.75. The van der Waals surface area contributed by atoms with Crippen molar-refractivity contribution < 1.29 is 22.7 Å². The summed E-state index contributed by atoms with van der Waals surface area (Å²) in [7, 11) is -3.64. The molecule has 0 aliphatic rings. The molecule has 3 aromatic rings. The molecule has 9 nitrogen and oxygen atoms in total. The van der Waals surface area contributed by atoms with Crippen LogP contribution in [0.5, 0.6) is 11.5 Å². The SMILES string of the molecule is Cc1cccc(OCCOc2ccc(/C=C(/C#N)C(=O)Nc3nc(S(=O)(=O)CC(C)C)ns3)cc2)c1. The van der Waals surface area contributed by atoms with Crippen LogP contribution in [-0.4, -0.2) is 42.6 Å². The molecule has 11 heteroatoms. The molecule has 0 radical (unpaired) electrons. The van der Waals surface area contributed by atoms with Crippen molar-refractivity contribution in [2.24, 2.45) is 5.92 Å². The summed E-state index contributed by atoms with van der Waals surface area (Å²) in [5.41, 5.74) is 1.56. The van der Waals surface area contributed by atoms with Crippen LogP contribution in [0.3, 0.4) is 0 Å². The monoisotopic (exact) mass is 526 g/mol. The topological polar surface area (TPSA) is 131 Å². The summed E-state index contributed by atoms with van der Waals surface area (Å²) in [6.45, 7) is 6.28. The number of aryl methyl sites for hydroxylation is 1. The molecule has 1 aromatic heterocycles. The minimum atomic E-state index is -3.64. The molecule has 0 atom stereocenters. The Morgan fingerprint density at radius 1 is 1.14 bits per heavy atom. The number of carbonyl (C=O) groups excluding carboxylic acids is 1. The average Bonchev–Trinajstić information content (AvgIpc) is 3.30. The number of benzene rings is 2. The number of hydrogen-bond donors (Lipinski definition) is 1. The molecule has 1 N–H and O–H groups in total. The van der Waals surface area contributed by atoms with Crippen molar-refractivity contribution in [3.63, 3.8) is 0 Å². The van der Waals surface area contributed by atoms with E-state index in [4.69, 9.17) is 9.47 Å². The van der Waals surface area contributed by atoms with Gasteiger partial charge in [0.2, 0.25) is 15.0 Å². The number of nitrogens with zero attached hydrogens (tertiary/aromatic N) is 3. The van der Waals surface area contributed by atoms with E-state index >= 15 is 0 Å². The first-order valence-corrected chi connectivity index (χ1v) is 13.5. The van der Waals surface area contributed by atoms with E-state index in [-0.39, 0.29) is 27.5 Å². The van der Waals surface area contributed by atoms with Crippen LogP contribution in [0.25, 0.3) is 6.08 Å². The predicted octanol–water partition coefficient (Wildman–Crippen LogP) is 4.28. The summed E-state index contributed by atoms with van der Waals surface area (Å²) in [5.74, 6) is 0.499. The largest absolute Gasteiger partial charge is 0.490 e. The fourth-order valence-corrected chi connectivity index (χ4v) is 5.42. The quantitative estimate of drug-likeness (QED) is 0.222. The maximum absolute atomic E-state index is 12.5. The number of aromatic nitrogens is 2. The number of carbonyl (C=O) groups is 1. The second kappa shape index (κ2) is 12.3. The van der Waals surface area contributed by atoms with E-state index in [2.05, 4.69) is 14.7 Å². The molecule has 0 saturated carbocycles. The molecule has 0 unspecified atom stereocenters. The van der Waals surface area contributed by atoms with Gasteiger partial charge in [0.25, 0.3) is 11.1 Å². The zero-order valence-electron chi connectivity index (χ0n) is 20.1. The second-order valence-electron chi connectivity index (χ2n) is 8.26. The first kappa shape index (κ1) is 26.8. The van der Waals surface area contributed by atoms with Gasteiger partial charge in [0.15, 0.2) is 0 Å². The lowest BCUT2D eigenvalue weighted by atomic mass is 10.1. The Morgan fingerprint density at radius 2 is 1.83 bits per heavy atom. The maximum atomic E-state index is 12.5. The highest BCUT2D eigenvalue weighted by molar-refractivity contribution is 7.91. The highest BCUT2D eigenvalue weighted by Gasteiger charge is 2.23. The average molecular weight is 527 g/mol. The van der Waals surface area contributed by atoms with Gasteiger partial charge in [-0.3, -0.25) is 10.1 Å². The first-order chi connectivity index (χ1) is 17.2. The summed E-state index contributed by atoms with van der Waals surface area (Å²) in [5, 5.41) is 11.5. The van der Waals surface area contributed by atoms with E-state index in [9.17, 15) is 18.5 Å². The van der Waals surface area contributed by atoms with Gasteiger partial charge < -0.3 is 9.47 Å². The molecule has 1 amide bonds. The summed E-state index contributed by atoms with van der Waals surface area (Å²) >= 11 is 0.741. The highest BCUT2D eigenvalue weighted by atomic mass is 32.2. The van der Waals surface area contributed by atoms with Gasteiger partial charge in [-0.2, -0.15) is 14.6 Å². The van der Waals surface area contributed by atoms with Crippen LogP contribution >= 0.6 is 11.5 Å². The minimum Gasteiger partial charge on any atom is -0.490 e. The van der Waals surface area contributed by atoms with Gasteiger partial charge in [-0.1, -0.05) is 38.1 Å². The first-order valence-electron chi connectivity index (χ1n) is 11.1. The Labute approximate surface area is 214 Å². The van der Waals surface area contributed by atoms with Gasteiger partial charge in [0.05, 0.1) is 5.75 Å². The molecule has 0 spiro atoms. The molecular weight excluding hydrogens is 500 g/mol. The third-order valence-electron chi connectivity index (χ3n) is 4.63. The van der Waals surface area contributed by atoms with Crippen LogP contribution in [0.1, 0.15) is 25.0 Å². The molecule has 0 saturated heterocycles. The Balaban J connectivity index is 1.55. The molecule has 0 aliphatic carbocycles. The van der Waals surface area contributed by atoms with Gasteiger partial charge in [-0.05, 0) is 54.3 Å². The lowest BCUT2D eigenvalue weighted by molar-refractivity contribution is -0.112. The zero-order valence-corrected chi connectivity index (χ0v) is 21.7. The fourth-order valence-electron chi connectivity index (χ4n) is 3.06. The smallest absolute Gasteiger partial charge is 0.268 e. The lowest BCUT2D eigenvalue weighted by Gasteiger charge is -2.09. The van der Waals surface area contributed by atoms with Crippen molar-refractivity contribution in [2.45, 2.75) is 25.9 Å². The third-order valence-corrected chi connectivity index (χ3v) is 7.22. The van der Waals surface area contributed by atoms with Gasteiger partial charge in [-0.25, -0.2) is 8.42 Å². The van der Waals surface area contributed by atoms with E-state index in [0.29, 0.717) is 24.5 Å². The van der Waals surface area contributed by atoms with E-state index < -0.39 is 15.7 Å². The number of rotatable bonds is 11. The minimum absolute atomic E-state index is 0.000103. The molecule has 1 heterocycles. The van der Waals surface area contributed by atoms with E-state index in [1.54, 1.807) is 38.1 Å². The van der Waals surface area contributed by atoms with Crippen molar-refractivity contribution in [3.8, 4) is 17.6 Å². The van der Waals surface area contributed by atoms with Crippen molar-refractivity contribution in [1.29, 1.82) is 5.26 Å². The van der Waals surface area contributed by atoms with Crippen LogP contribution < -0.4 is 14.8 Å². The van der Waals surface area contributed by atoms with Gasteiger partial charge >= 0.3 is 0 Å². The fraction of sp³-hybridized carbons (Fsp3) is 0.280. The lowest BCUT2D eigenvalue weighted by Crippen LogP contribution is -2.15. The summed E-state index contributed by atoms with van der Waals surface area (Å²) in [6, 6.07) is 16.5. The molecule has 0 fully saturated rings. The number of nitrogens with one attached hydrogen (secondary N) is 1. The maximum Gasteiger partial charge on any atom is 0.268 e. The van der Waals surface area contributed by atoms with Gasteiger partial charge in [0, 0.05) is 11.5 Å². The van der Waals surface area contributed by atoms with Gasteiger partial charge in [-0.15, -0.1) is 0 Å². The summed E-state index contributed by atoms with van der Waals surface area (Å²) in [4.78, 5) is 16.4. The Morgan fingerprint density at radius 3 is 2.47 bits per heavy atom. The van der Waals surface area contributed by atoms with Crippen LogP contribution in [0.4, 0.5) is 5.13 Å². The number of hydrogen-bond acceptors (Lipinski definition) is 9. The Bertz CT molecular complexity index is 1370. The van der Waals surface area contributed by atoms with E-state index in [1.807, 2.05) is 37.3 Å². The van der Waals surface area contributed by atoms with E-state index in [0.717, 1.165) is 22.8 Å². The molecule has 36 heavy (non-hydrogen) atoms. The molecular formula is C25H26N4O5S2. The Kier molecular flexibility index (Phi) is 9.16. The van der Waals surface area contributed by atoms with Crippen molar-refractivity contribution >= 4 is 38.5 Å². The van der Waals surface area contributed by atoms with Crippen LogP contribution in [0, 0.1) is 24.2 Å². The standard InChI is InChI=1S/C25H26N4O5S2/c1-17(2)16-36(31,32)25-28-24(35-29-25)27-23(30)20(15-26)14-19-7-9-21(10-8-19)33-11-12-34-22-6-4-5-18(3)13-22/h4-10,13-14,17H,11-12,16H2,1-3H3,(H,27,28,29,30)/b20-14-. The number of sulfone groups is 1. The van der Waals surface area contributed by atoms with Gasteiger partial charge in [0.1, 0.15) is 36.4 Å². The molecule has 3 rings (SSSR count). The van der Waals surface area contributed by atoms with Crippen molar-refractivity contribution in [1.82, 2.24) is 9.36 Å². The van der Waals surface area contributed by atoms with Crippen LogP contribution in [0.15, 0.2) is 59.3 Å². The van der Waals surface area contributed by atoms with Crippen molar-refractivity contribution in [3.05, 3.63) is 65.2 Å². The summed E-state index contributed by atoms with van der Waals surface area (Å²) in [6.07, 6.45) is 1.41. The molecule has 0 aliphatic heterocycles. The number of nitriles is 1. The van der Waals surface area contributed by atoms with Crippen LogP contribution in [0.2, 0.25) is 0 Å². The predicted molar refractivity (Wildman–Crippen MR) is 138 cm³/mol. The van der Waals surface area contributed by atoms with Crippen LogP contribution in [-0.2, 0) is 14.6 Å². The number of anilines is 1.